The standard InChI is InChI=1S/C11H14N2O4/c1-3-7(2)12-10-5-4-8(13(16)17)6-9(10)11(14)15/h4-7,12H,3H2,1-2H3,(H,14,15)/t7-/m1/s1. The highest BCUT2D eigenvalue weighted by atomic mass is 16.6. The lowest BCUT2D eigenvalue weighted by Gasteiger charge is -2.14. The molecule has 0 spiro atoms. The average Bonchev–Trinajstić information content (AvgIpc) is 2.28. The normalized spacial score (nSPS) is 11.9. The Kier molecular flexibility index (Phi) is 4.03. The summed E-state index contributed by atoms with van der Waals surface area (Å²) in [7, 11) is 0. The van der Waals surface area contributed by atoms with E-state index in [1.807, 2.05) is 13.8 Å². The molecule has 0 aliphatic heterocycles. The molecule has 0 saturated carbocycles. The Morgan fingerprint density at radius 2 is 2.24 bits per heavy atom. The first-order valence-electron chi connectivity index (χ1n) is 5.24. The van der Waals surface area contributed by atoms with E-state index in [1.165, 1.54) is 12.1 Å². The Hall–Kier alpha value is -2.11. The summed E-state index contributed by atoms with van der Waals surface area (Å²) in [6.07, 6.45) is 0.829. The molecule has 0 bridgehead atoms. The molecule has 0 aliphatic carbocycles. The van der Waals surface area contributed by atoms with E-state index in [-0.39, 0.29) is 17.3 Å². The molecule has 0 saturated heterocycles. The summed E-state index contributed by atoms with van der Waals surface area (Å²) in [5.74, 6) is -1.18. The first-order valence-corrected chi connectivity index (χ1v) is 5.24. The molecule has 1 aromatic rings. The highest BCUT2D eigenvalue weighted by Gasteiger charge is 2.16. The Balaban J connectivity index is 3.13. The van der Waals surface area contributed by atoms with E-state index in [2.05, 4.69) is 5.32 Å². The largest absolute Gasteiger partial charge is 0.478 e. The quantitative estimate of drug-likeness (QED) is 0.607. The third-order valence-corrected chi connectivity index (χ3v) is 2.46. The van der Waals surface area contributed by atoms with Crippen molar-refractivity contribution in [3.8, 4) is 0 Å². The van der Waals surface area contributed by atoms with Crippen molar-refractivity contribution in [1.29, 1.82) is 0 Å². The van der Waals surface area contributed by atoms with Crippen molar-refractivity contribution in [2.45, 2.75) is 26.3 Å². The van der Waals surface area contributed by atoms with Crippen LogP contribution in [0.2, 0.25) is 0 Å². The minimum Gasteiger partial charge on any atom is -0.478 e. The molecular weight excluding hydrogens is 224 g/mol. The maximum Gasteiger partial charge on any atom is 0.338 e. The highest BCUT2D eigenvalue weighted by molar-refractivity contribution is 5.95. The maximum absolute atomic E-state index is 11.0. The molecule has 0 heterocycles. The van der Waals surface area contributed by atoms with Gasteiger partial charge >= 0.3 is 5.97 Å². The minimum atomic E-state index is -1.18. The average molecular weight is 238 g/mol. The number of hydrogen-bond acceptors (Lipinski definition) is 4. The van der Waals surface area contributed by atoms with E-state index in [9.17, 15) is 14.9 Å². The number of aromatic carboxylic acids is 1. The zero-order chi connectivity index (χ0) is 13.0. The molecule has 1 atom stereocenters. The maximum atomic E-state index is 11.0. The van der Waals surface area contributed by atoms with Crippen molar-refractivity contribution in [3.63, 3.8) is 0 Å². The topological polar surface area (TPSA) is 92.5 Å². The Bertz CT molecular complexity index is 445. The SMILES string of the molecule is CC[C@@H](C)Nc1ccc([N+](=O)[O-])cc1C(=O)O. The fraction of sp³-hybridized carbons (Fsp3) is 0.364. The molecule has 0 aliphatic rings. The fourth-order valence-electron chi connectivity index (χ4n) is 1.32. The van der Waals surface area contributed by atoms with Crippen molar-refractivity contribution in [2.24, 2.45) is 0 Å². The molecule has 6 nitrogen and oxygen atoms in total. The van der Waals surface area contributed by atoms with Gasteiger partial charge in [0, 0.05) is 23.9 Å². The van der Waals surface area contributed by atoms with Crippen LogP contribution in [0.5, 0.6) is 0 Å². The van der Waals surface area contributed by atoms with Gasteiger partial charge in [0.15, 0.2) is 0 Å². The molecule has 1 rings (SSSR count). The lowest BCUT2D eigenvalue weighted by Crippen LogP contribution is -2.16. The second-order valence-corrected chi connectivity index (χ2v) is 3.75. The van der Waals surface area contributed by atoms with Gasteiger partial charge in [-0.05, 0) is 19.4 Å². The van der Waals surface area contributed by atoms with E-state index in [0.717, 1.165) is 12.5 Å². The first-order chi connectivity index (χ1) is 7.95. The molecule has 0 amide bonds. The third kappa shape index (κ3) is 3.17. The number of rotatable bonds is 5. The molecule has 6 heteroatoms. The summed E-state index contributed by atoms with van der Waals surface area (Å²) in [5.41, 5.74) is 0.0917. The lowest BCUT2D eigenvalue weighted by molar-refractivity contribution is -0.384. The summed E-state index contributed by atoms with van der Waals surface area (Å²) in [4.78, 5) is 20.9. The summed E-state index contributed by atoms with van der Waals surface area (Å²) in [6.45, 7) is 3.87. The number of nitro groups is 1. The zero-order valence-corrected chi connectivity index (χ0v) is 9.64. The first kappa shape index (κ1) is 13.0. The number of nitrogens with zero attached hydrogens (tertiary/aromatic N) is 1. The van der Waals surface area contributed by atoms with Crippen molar-refractivity contribution >= 4 is 17.3 Å². The summed E-state index contributed by atoms with van der Waals surface area (Å²) >= 11 is 0. The number of hydrogen-bond donors (Lipinski definition) is 2. The number of nitro benzene ring substituents is 1. The number of anilines is 1. The van der Waals surface area contributed by atoms with Gasteiger partial charge < -0.3 is 10.4 Å². The zero-order valence-electron chi connectivity index (χ0n) is 9.64. The van der Waals surface area contributed by atoms with E-state index in [1.54, 1.807) is 0 Å². The second kappa shape index (κ2) is 5.29. The molecule has 0 radical (unpaired) electrons. The highest BCUT2D eigenvalue weighted by Crippen LogP contribution is 2.23. The summed E-state index contributed by atoms with van der Waals surface area (Å²) in [6, 6.07) is 3.88. The molecule has 1 aromatic carbocycles. The van der Waals surface area contributed by atoms with Crippen molar-refractivity contribution in [1.82, 2.24) is 0 Å². The Labute approximate surface area is 98.4 Å². The smallest absolute Gasteiger partial charge is 0.338 e. The van der Waals surface area contributed by atoms with Gasteiger partial charge in [0.1, 0.15) is 0 Å². The molecule has 92 valence electrons. The monoisotopic (exact) mass is 238 g/mol. The lowest BCUT2D eigenvalue weighted by atomic mass is 10.1. The Morgan fingerprint density at radius 1 is 1.59 bits per heavy atom. The fourth-order valence-corrected chi connectivity index (χ4v) is 1.32. The second-order valence-electron chi connectivity index (χ2n) is 3.75. The minimum absolute atomic E-state index is 0.0838. The van der Waals surface area contributed by atoms with Gasteiger partial charge in [0.2, 0.25) is 0 Å². The number of benzene rings is 1. The van der Waals surface area contributed by atoms with Crippen molar-refractivity contribution in [2.75, 3.05) is 5.32 Å². The summed E-state index contributed by atoms with van der Waals surface area (Å²) < 4.78 is 0. The van der Waals surface area contributed by atoms with Crippen LogP contribution in [-0.4, -0.2) is 22.0 Å². The number of nitrogens with one attached hydrogen (secondary N) is 1. The van der Waals surface area contributed by atoms with Gasteiger partial charge in [-0.3, -0.25) is 10.1 Å². The van der Waals surface area contributed by atoms with Crippen LogP contribution in [0.3, 0.4) is 0 Å². The van der Waals surface area contributed by atoms with Gasteiger partial charge in [-0.15, -0.1) is 0 Å². The van der Waals surface area contributed by atoms with Crippen LogP contribution >= 0.6 is 0 Å². The van der Waals surface area contributed by atoms with Crippen LogP contribution in [0.1, 0.15) is 30.6 Å². The molecule has 0 fully saturated rings. The van der Waals surface area contributed by atoms with Crippen LogP contribution in [0.25, 0.3) is 0 Å². The van der Waals surface area contributed by atoms with E-state index in [4.69, 9.17) is 5.11 Å². The van der Waals surface area contributed by atoms with Crippen LogP contribution in [0.15, 0.2) is 18.2 Å². The van der Waals surface area contributed by atoms with E-state index in [0.29, 0.717) is 5.69 Å². The number of carboxylic acids is 1. The number of carbonyl (C=O) groups is 1. The van der Waals surface area contributed by atoms with E-state index < -0.39 is 10.9 Å². The van der Waals surface area contributed by atoms with Gasteiger partial charge in [-0.1, -0.05) is 6.92 Å². The molecular formula is C11H14N2O4. The van der Waals surface area contributed by atoms with Gasteiger partial charge in [0.05, 0.1) is 10.5 Å². The van der Waals surface area contributed by atoms with Crippen LogP contribution in [0, 0.1) is 10.1 Å². The van der Waals surface area contributed by atoms with Gasteiger partial charge in [-0.2, -0.15) is 0 Å². The number of carboxylic acid groups (broad SMARTS) is 1. The third-order valence-electron chi connectivity index (χ3n) is 2.46. The number of non-ortho nitro benzene ring substituents is 1. The van der Waals surface area contributed by atoms with Crippen molar-refractivity contribution < 1.29 is 14.8 Å². The predicted octanol–water partition coefficient (Wildman–Crippen LogP) is 2.50. The molecule has 0 aromatic heterocycles. The van der Waals surface area contributed by atoms with Crippen LogP contribution < -0.4 is 5.32 Å². The van der Waals surface area contributed by atoms with Gasteiger partial charge in [-0.25, -0.2) is 4.79 Å². The summed E-state index contributed by atoms with van der Waals surface area (Å²) in [5, 5.41) is 22.6. The Morgan fingerprint density at radius 3 is 2.71 bits per heavy atom. The molecule has 17 heavy (non-hydrogen) atoms. The van der Waals surface area contributed by atoms with Crippen LogP contribution in [0.4, 0.5) is 11.4 Å². The molecule has 0 unspecified atom stereocenters. The van der Waals surface area contributed by atoms with Crippen molar-refractivity contribution in [3.05, 3.63) is 33.9 Å². The van der Waals surface area contributed by atoms with Crippen LogP contribution in [-0.2, 0) is 0 Å². The van der Waals surface area contributed by atoms with E-state index >= 15 is 0 Å². The predicted molar refractivity (Wildman–Crippen MR) is 63.4 cm³/mol. The van der Waals surface area contributed by atoms with Gasteiger partial charge in [0.25, 0.3) is 5.69 Å². The molecule has 2 N–H and O–H groups in total.